The van der Waals surface area contributed by atoms with Crippen LogP contribution in [0.3, 0.4) is 0 Å². The minimum Gasteiger partial charge on any atom is -0.380 e. The lowest BCUT2D eigenvalue weighted by atomic mass is 9.70. The summed E-state index contributed by atoms with van der Waals surface area (Å²) in [4.78, 5) is 0. The van der Waals surface area contributed by atoms with Crippen LogP contribution in [-0.2, 0) is 4.74 Å². The molecule has 3 rings (SSSR count). The second-order valence-corrected chi connectivity index (χ2v) is 5.91. The molecule has 2 aliphatic carbocycles. The van der Waals surface area contributed by atoms with Crippen LogP contribution in [0, 0.1) is 17.3 Å². The molecule has 2 heteroatoms. The van der Waals surface area contributed by atoms with Gasteiger partial charge in [-0.05, 0) is 37.5 Å². The van der Waals surface area contributed by atoms with Gasteiger partial charge in [-0.2, -0.15) is 0 Å². The molecule has 3 fully saturated rings. The average molecular weight is 209 g/mol. The Kier molecular flexibility index (Phi) is 2.73. The second-order valence-electron chi connectivity index (χ2n) is 5.91. The van der Waals surface area contributed by atoms with Gasteiger partial charge in [0.15, 0.2) is 0 Å². The maximum Gasteiger partial charge on any atom is 0.0549 e. The van der Waals surface area contributed by atoms with Gasteiger partial charge in [0.05, 0.1) is 6.61 Å². The molecule has 86 valence electrons. The van der Waals surface area contributed by atoms with E-state index in [0.29, 0.717) is 5.41 Å². The van der Waals surface area contributed by atoms with E-state index in [4.69, 9.17) is 4.74 Å². The van der Waals surface area contributed by atoms with Crippen molar-refractivity contribution in [2.45, 2.75) is 38.5 Å². The Balaban J connectivity index is 1.49. The van der Waals surface area contributed by atoms with Crippen molar-refractivity contribution in [1.82, 2.24) is 5.32 Å². The van der Waals surface area contributed by atoms with E-state index in [1.54, 1.807) is 0 Å². The highest BCUT2D eigenvalue weighted by atomic mass is 16.5. The van der Waals surface area contributed by atoms with Gasteiger partial charge in [0.2, 0.25) is 0 Å². The molecule has 1 aliphatic heterocycles. The Morgan fingerprint density at radius 2 is 1.80 bits per heavy atom. The molecule has 0 radical (unpaired) electrons. The molecule has 1 heterocycles. The summed E-state index contributed by atoms with van der Waals surface area (Å²) >= 11 is 0. The van der Waals surface area contributed by atoms with Gasteiger partial charge in [-0.25, -0.2) is 0 Å². The summed E-state index contributed by atoms with van der Waals surface area (Å²) in [6.45, 7) is 4.49. The van der Waals surface area contributed by atoms with Gasteiger partial charge >= 0.3 is 0 Å². The largest absolute Gasteiger partial charge is 0.380 e. The summed E-state index contributed by atoms with van der Waals surface area (Å²) in [5, 5.41) is 3.45. The summed E-state index contributed by atoms with van der Waals surface area (Å²) in [6, 6.07) is 0. The monoisotopic (exact) mass is 209 g/mol. The molecule has 0 atom stereocenters. The van der Waals surface area contributed by atoms with Crippen LogP contribution in [0.15, 0.2) is 0 Å². The molecular formula is C13H23NO. The lowest BCUT2D eigenvalue weighted by Gasteiger charge is -2.47. The van der Waals surface area contributed by atoms with Crippen molar-refractivity contribution in [2.75, 3.05) is 26.3 Å². The van der Waals surface area contributed by atoms with E-state index < -0.39 is 0 Å². The van der Waals surface area contributed by atoms with Gasteiger partial charge in [-0.15, -0.1) is 0 Å². The Labute approximate surface area is 92.8 Å². The molecular weight excluding hydrogens is 186 g/mol. The number of hydrogen-bond acceptors (Lipinski definition) is 2. The molecule has 0 amide bonds. The van der Waals surface area contributed by atoms with E-state index in [-0.39, 0.29) is 0 Å². The fraction of sp³-hybridized carbons (Fsp3) is 1.00. The first-order valence-corrected chi connectivity index (χ1v) is 6.68. The molecule has 2 saturated carbocycles. The first-order chi connectivity index (χ1) is 7.39. The van der Waals surface area contributed by atoms with E-state index in [2.05, 4.69) is 5.32 Å². The molecule has 3 aliphatic rings. The first-order valence-electron chi connectivity index (χ1n) is 6.68. The zero-order valence-electron chi connectivity index (χ0n) is 9.63. The normalized spacial score (nSPS) is 30.4. The number of rotatable bonds is 5. The maximum absolute atomic E-state index is 5.94. The van der Waals surface area contributed by atoms with Gasteiger partial charge in [0.1, 0.15) is 0 Å². The highest BCUT2D eigenvalue weighted by molar-refractivity contribution is 4.98. The van der Waals surface area contributed by atoms with Crippen LogP contribution in [0.4, 0.5) is 0 Å². The van der Waals surface area contributed by atoms with Crippen LogP contribution in [0.2, 0.25) is 0 Å². The highest BCUT2D eigenvalue weighted by Crippen LogP contribution is 2.43. The molecule has 2 nitrogen and oxygen atoms in total. The van der Waals surface area contributed by atoms with Crippen LogP contribution >= 0.6 is 0 Å². The summed E-state index contributed by atoms with van der Waals surface area (Å²) in [5.41, 5.74) is 0.533. The predicted octanol–water partition coefficient (Wildman–Crippen LogP) is 2.19. The van der Waals surface area contributed by atoms with Gasteiger partial charge < -0.3 is 10.1 Å². The van der Waals surface area contributed by atoms with E-state index in [9.17, 15) is 0 Å². The summed E-state index contributed by atoms with van der Waals surface area (Å²) in [5.74, 6) is 1.87. The minimum absolute atomic E-state index is 0.533. The molecule has 0 unspecified atom stereocenters. The van der Waals surface area contributed by atoms with Crippen molar-refractivity contribution in [3.63, 3.8) is 0 Å². The molecule has 1 N–H and O–H groups in total. The predicted molar refractivity (Wildman–Crippen MR) is 60.8 cm³/mol. The van der Waals surface area contributed by atoms with E-state index in [1.165, 1.54) is 51.6 Å². The smallest absolute Gasteiger partial charge is 0.0549 e. The van der Waals surface area contributed by atoms with Gasteiger partial charge in [0, 0.05) is 25.1 Å². The Hall–Kier alpha value is -0.0800. The van der Waals surface area contributed by atoms with Crippen molar-refractivity contribution in [2.24, 2.45) is 17.3 Å². The Bertz CT molecular complexity index is 215. The number of hydrogen-bond donors (Lipinski definition) is 1. The molecule has 0 aromatic rings. The third-order valence-corrected chi connectivity index (χ3v) is 4.62. The van der Waals surface area contributed by atoms with Gasteiger partial charge in [-0.3, -0.25) is 0 Å². The average Bonchev–Trinajstić information content (AvgIpc) is 2.83. The van der Waals surface area contributed by atoms with Crippen molar-refractivity contribution < 1.29 is 4.74 Å². The van der Waals surface area contributed by atoms with E-state index in [0.717, 1.165) is 25.0 Å². The van der Waals surface area contributed by atoms with Crippen LogP contribution < -0.4 is 5.32 Å². The molecule has 0 aromatic carbocycles. The van der Waals surface area contributed by atoms with Crippen molar-refractivity contribution in [1.29, 1.82) is 0 Å². The molecule has 0 aromatic heterocycles. The highest BCUT2D eigenvalue weighted by Gasteiger charge is 2.45. The van der Waals surface area contributed by atoms with Crippen LogP contribution in [0.5, 0.6) is 0 Å². The van der Waals surface area contributed by atoms with Gasteiger partial charge in [0.25, 0.3) is 0 Å². The van der Waals surface area contributed by atoms with Crippen molar-refractivity contribution >= 4 is 0 Å². The van der Waals surface area contributed by atoms with Gasteiger partial charge in [-0.1, -0.05) is 12.8 Å². The summed E-state index contributed by atoms with van der Waals surface area (Å²) in [7, 11) is 0. The number of ether oxygens (including phenoxy) is 1. The maximum atomic E-state index is 5.94. The third kappa shape index (κ3) is 2.07. The quantitative estimate of drug-likeness (QED) is 0.749. The lowest BCUT2D eigenvalue weighted by Crippen LogP contribution is -2.59. The van der Waals surface area contributed by atoms with Crippen molar-refractivity contribution in [3.8, 4) is 0 Å². The van der Waals surface area contributed by atoms with Crippen LogP contribution in [0.1, 0.15) is 38.5 Å². The zero-order chi connectivity index (χ0) is 10.1. The zero-order valence-corrected chi connectivity index (χ0v) is 9.63. The van der Waals surface area contributed by atoms with Crippen molar-refractivity contribution in [3.05, 3.63) is 0 Å². The number of nitrogens with one attached hydrogen (secondary N) is 1. The molecule has 1 saturated heterocycles. The third-order valence-electron chi connectivity index (χ3n) is 4.62. The SMILES string of the molecule is C1CCC(C2(COCC3CC3)CNC2)C1. The van der Waals surface area contributed by atoms with E-state index >= 15 is 0 Å². The van der Waals surface area contributed by atoms with Crippen LogP contribution in [-0.4, -0.2) is 26.3 Å². The topological polar surface area (TPSA) is 21.3 Å². The molecule has 15 heavy (non-hydrogen) atoms. The Morgan fingerprint density at radius 1 is 1.07 bits per heavy atom. The fourth-order valence-electron chi connectivity index (χ4n) is 3.21. The summed E-state index contributed by atoms with van der Waals surface area (Å²) in [6.07, 6.45) is 8.64. The molecule has 0 bridgehead atoms. The minimum atomic E-state index is 0.533. The van der Waals surface area contributed by atoms with E-state index in [1.807, 2.05) is 0 Å². The standard InChI is InChI=1S/C13H23NO/c1-2-4-12(3-1)13(8-14-9-13)10-15-7-11-5-6-11/h11-12,14H,1-10H2. The lowest BCUT2D eigenvalue weighted by molar-refractivity contribution is -0.0313. The Morgan fingerprint density at radius 3 is 2.33 bits per heavy atom. The van der Waals surface area contributed by atoms with Crippen LogP contribution in [0.25, 0.3) is 0 Å². The first kappa shape index (κ1) is 10.1. The summed E-state index contributed by atoms with van der Waals surface area (Å²) < 4.78 is 5.94. The fourth-order valence-corrected chi connectivity index (χ4v) is 3.21. The molecule has 0 spiro atoms. The second kappa shape index (κ2) is 4.06.